The molecule has 0 aromatic carbocycles. The number of allylic oxidation sites excluding steroid dienone is 1. The molecular weight excluding hydrogens is 158 g/mol. The molecule has 1 aliphatic rings. The van der Waals surface area contributed by atoms with Crippen LogP contribution in [0.3, 0.4) is 0 Å². The first-order valence-corrected chi connectivity index (χ1v) is 4.29. The van der Waals surface area contributed by atoms with Gasteiger partial charge in [0.05, 0.1) is 0 Å². The second-order valence-corrected chi connectivity index (χ2v) is 2.92. The molecule has 1 atom stereocenters. The van der Waals surface area contributed by atoms with Crippen LogP contribution in [-0.4, -0.2) is 18.3 Å². The number of ether oxygens (including phenoxy) is 1. The van der Waals surface area contributed by atoms with Crippen LogP contribution >= 0.6 is 12.2 Å². The molecule has 0 fully saturated rings. The summed E-state index contributed by atoms with van der Waals surface area (Å²) in [6, 6.07) is 0. The Hall–Kier alpha value is -0.570. The van der Waals surface area contributed by atoms with Crippen LogP contribution in [0.4, 0.5) is 0 Å². The number of rotatable bonds is 1. The zero-order valence-electron chi connectivity index (χ0n) is 6.67. The van der Waals surface area contributed by atoms with E-state index in [-0.39, 0.29) is 6.10 Å². The summed E-state index contributed by atoms with van der Waals surface area (Å²) in [6.45, 7) is 0. The van der Waals surface area contributed by atoms with E-state index >= 15 is 0 Å². The van der Waals surface area contributed by atoms with Gasteiger partial charge < -0.3 is 10.1 Å². The van der Waals surface area contributed by atoms with Gasteiger partial charge in [-0.1, -0.05) is 6.08 Å². The highest BCUT2D eigenvalue weighted by Crippen LogP contribution is 2.13. The Balaban J connectivity index is 2.30. The fourth-order valence-electron chi connectivity index (χ4n) is 1.08. The van der Waals surface area contributed by atoms with Gasteiger partial charge in [0.1, 0.15) is 6.10 Å². The highest BCUT2D eigenvalue weighted by Gasteiger charge is 2.09. The van der Waals surface area contributed by atoms with Gasteiger partial charge in [0.25, 0.3) is 5.17 Å². The van der Waals surface area contributed by atoms with Crippen LogP contribution in [0.1, 0.15) is 19.3 Å². The standard InChI is InChI=1S/C8H13NOS/c1-9-8(11)10-7-5-3-2-4-6-7/h3,5,7H,2,4,6H2,1H3,(H,9,11)/t7-/m0/s1. The maximum atomic E-state index is 5.37. The SMILES string of the molecule is CNC(=S)O[C@H]1C=CCCC1. The van der Waals surface area contributed by atoms with Crippen molar-refractivity contribution in [2.75, 3.05) is 7.05 Å². The minimum Gasteiger partial charge on any atom is -0.464 e. The van der Waals surface area contributed by atoms with Crippen LogP contribution in [0.25, 0.3) is 0 Å². The lowest BCUT2D eigenvalue weighted by atomic mass is 10.1. The Labute approximate surface area is 72.6 Å². The molecule has 0 bridgehead atoms. The fraction of sp³-hybridized carbons (Fsp3) is 0.625. The summed E-state index contributed by atoms with van der Waals surface area (Å²) in [5.74, 6) is 0. The smallest absolute Gasteiger partial charge is 0.256 e. The zero-order valence-corrected chi connectivity index (χ0v) is 7.49. The molecule has 0 amide bonds. The number of hydrogen-bond acceptors (Lipinski definition) is 2. The predicted octanol–water partition coefficient (Wildman–Crippen LogP) is 1.62. The van der Waals surface area contributed by atoms with E-state index in [4.69, 9.17) is 17.0 Å². The molecule has 0 aliphatic heterocycles. The highest BCUT2D eigenvalue weighted by atomic mass is 32.1. The van der Waals surface area contributed by atoms with Crippen molar-refractivity contribution < 1.29 is 4.74 Å². The van der Waals surface area contributed by atoms with E-state index < -0.39 is 0 Å². The van der Waals surface area contributed by atoms with E-state index in [1.54, 1.807) is 7.05 Å². The van der Waals surface area contributed by atoms with Gasteiger partial charge in [0, 0.05) is 7.05 Å². The van der Waals surface area contributed by atoms with Crippen molar-refractivity contribution in [3.8, 4) is 0 Å². The van der Waals surface area contributed by atoms with Crippen LogP contribution in [0.15, 0.2) is 12.2 Å². The first-order valence-electron chi connectivity index (χ1n) is 3.88. The third-order valence-electron chi connectivity index (χ3n) is 1.67. The highest BCUT2D eigenvalue weighted by molar-refractivity contribution is 7.80. The predicted molar refractivity (Wildman–Crippen MR) is 49.5 cm³/mol. The molecule has 0 unspecified atom stereocenters. The minimum atomic E-state index is 0.198. The second-order valence-electron chi connectivity index (χ2n) is 2.55. The van der Waals surface area contributed by atoms with E-state index in [9.17, 15) is 0 Å². The molecule has 1 rings (SSSR count). The van der Waals surface area contributed by atoms with Crippen molar-refractivity contribution in [2.24, 2.45) is 0 Å². The molecule has 2 nitrogen and oxygen atoms in total. The van der Waals surface area contributed by atoms with Crippen molar-refractivity contribution in [1.82, 2.24) is 5.32 Å². The van der Waals surface area contributed by atoms with Gasteiger partial charge in [-0.15, -0.1) is 0 Å². The topological polar surface area (TPSA) is 21.3 Å². The largest absolute Gasteiger partial charge is 0.464 e. The van der Waals surface area contributed by atoms with E-state index in [0.29, 0.717) is 5.17 Å². The molecule has 1 aliphatic carbocycles. The summed E-state index contributed by atoms with van der Waals surface area (Å²) in [5.41, 5.74) is 0. The molecule has 0 radical (unpaired) electrons. The first kappa shape index (κ1) is 8.53. The molecule has 62 valence electrons. The molecule has 0 heterocycles. The van der Waals surface area contributed by atoms with Crippen molar-refractivity contribution in [1.29, 1.82) is 0 Å². The van der Waals surface area contributed by atoms with Crippen LogP contribution < -0.4 is 5.32 Å². The van der Waals surface area contributed by atoms with E-state index in [1.807, 2.05) is 0 Å². The lowest BCUT2D eigenvalue weighted by Crippen LogP contribution is -2.25. The van der Waals surface area contributed by atoms with Gasteiger partial charge in [-0.2, -0.15) is 0 Å². The lowest BCUT2D eigenvalue weighted by molar-refractivity contribution is 0.214. The number of thiocarbonyl (C=S) groups is 1. The van der Waals surface area contributed by atoms with E-state index in [1.165, 1.54) is 12.8 Å². The molecule has 11 heavy (non-hydrogen) atoms. The second kappa shape index (κ2) is 4.34. The monoisotopic (exact) mass is 171 g/mol. The Bertz CT molecular complexity index is 167. The number of hydrogen-bond donors (Lipinski definition) is 1. The minimum absolute atomic E-state index is 0.198. The quantitative estimate of drug-likeness (QED) is 0.478. The maximum absolute atomic E-state index is 5.37. The molecule has 0 spiro atoms. The van der Waals surface area contributed by atoms with Crippen molar-refractivity contribution in [2.45, 2.75) is 25.4 Å². The van der Waals surface area contributed by atoms with Crippen molar-refractivity contribution in [3.63, 3.8) is 0 Å². The molecule has 0 saturated heterocycles. The molecule has 3 heteroatoms. The Kier molecular flexibility index (Phi) is 3.36. The van der Waals surface area contributed by atoms with Crippen LogP contribution in [0, 0.1) is 0 Å². The molecule has 0 aromatic heterocycles. The summed E-state index contributed by atoms with van der Waals surface area (Å²) in [5, 5.41) is 3.28. The van der Waals surface area contributed by atoms with Gasteiger partial charge >= 0.3 is 0 Å². The average Bonchev–Trinajstić information content (AvgIpc) is 2.06. The lowest BCUT2D eigenvalue weighted by Gasteiger charge is -2.17. The summed E-state index contributed by atoms with van der Waals surface area (Å²) in [4.78, 5) is 0. The van der Waals surface area contributed by atoms with Crippen LogP contribution in [0.2, 0.25) is 0 Å². The molecule has 0 saturated carbocycles. The van der Waals surface area contributed by atoms with E-state index in [2.05, 4.69) is 17.5 Å². The Morgan fingerprint density at radius 2 is 2.55 bits per heavy atom. The summed E-state index contributed by atoms with van der Waals surface area (Å²) in [6.07, 6.45) is 7.88. The van der Waals surface area contributed by atoms with Crippen LogP contribution in [-0.2, 0) is 4.74 Å². The molecular formula is C8H13NOS. The van der Waals surface area contributed by atoms with Gasteiger partial charge in [0.2, 0.25) is 0 Å². The third-order valence-corrected chi connectivity index (χ3v) is 1.97. The normalized spacial score (nSPS) is 22.8. The summed E-state index contributed by atoms with van der Waals surface area (Å²) >= 11 is 4.87. The number of nitrogens with one attached hydrogen (secondary N) is 1. The summed E-state index contributed by atoms with van der Waals surface area (Å²) < 4.78 is 5.37. The Morgan fingerprint density at radius 1 is 1.73 bits per heavy atom. The first-order chi connectivity index (χ1) is 5.33. The third kappa shape index (κ3) is 2.89. The van der Waals surface area contributed by atoms with Gasteiger partial charge in [-0.25, -0.2) is 0 Å². The molecule has 0 aromatic rings. The Morgan fingerprint density at radius 3 is 3.09 bits per heavy atom. The van der Waals surface area contributed by atoms with Gasteiger partial charge in [0.15, 0.2) is 0 Å². The van der Waals surface area contributed by atoms with Gasteiger partial charge in [-0.05, 0) is 37.6 Å². The average molecular weight is 171 g/mol. The van der Waals surface area contributed by atoms with Crippen LogP contribution in [0.5, 0.6) is 0 Å². The maximum Gasteiger partial charge on any atom is 0.256 e. The summed E-state index contributed by atoms with van der Waals surface area (Å²) in [7, 11) is 1.77. The zero-order chi connectivity index (χ0) is 8.10. The van der Waals surface area contributed by atoms with Gasteiger partial charge in [-0.3, -0.25) is 0 Å². The van der Waals surface area contributed by atoms with Crippen molar-refractivity contribution >= 4 is 17.4 Å². The van der Waals surface area contributed by atoms with E-state index in [0.717, 1.165) is 6.42 Å². The van der Waals surface area contributed by atoms with Crippen molar-refractivity contribution in [3.05, 3.63) is 12.2 Å². The molecule has 1 N–H and O–H groups in total. The fourth-order valence-corrected chi connectivity index (χ4v) is 1.20.